The van der Waals surface area contributed by atoms with Gasteiger partial charge in [0.05, 0.1) is 6.61 Å². The molecule has 2 atom stereocenters. The van der Waals surface area contributed by atoms with Gasteiger partial charge in [0.25, 0.3) is 0 Å². The van der Waals surface area contributed by atoms with E-state index in [2.05, 4.69) is 0 Å². The van der Waals surface area contributed by atoms with Crippen molar-refractivity contribution in [1.82, 2.24) is 0 Å². The molecule has 1 aliphatic heterocycles. The van der Waals surface area contributed by atoms with Gasteiger partial charge in [-0.2, -0.15) is 10.5 Å². The molecule has 4 heteroatoms. The molecule has 0 spiro atoms. The molecule has 1 saturated carbocycles. The van der Waals surface area contributed by atoms with Gasteiger partial charge in [-0.15, -0.1) is 0 Å². The second-order valence-electron chi connectivity index (χ2n) is 4.47. The third-order valence-corrected chi connectivity index (χ3v) is 3.25. The molecule has 2 rings (SSSR count). The lowest BCUT2D eigenvalue weighted by Gasteiger charge is -2.26. The first kappa shape index (κ1) is 10.7. The summed E-state index contributed by atoms with van der Waals surface area (Å²) in [6.45, 7) is 0.434. The lowest BCUT2D eigenvalue weighted by atomic mass is 9.77. The van der Waals surface area contributed by atoms with E-state index in [0.29, 0.717) is 19.4 Å². The monoisotopic (exact) mass is 216 g/mol. The molecule has 0 aromatic carbocycles. The Morgan fingerprint density at radius 1 is 1.19 bits per heavy atom. The molecule has 82 valence electrons. The number of nitriles is 2. The van der Waals surface area contributed by atoms with Crippen LogP contribution < -0.4 is 0 Å². The second kappa shape index (κ2) is 4.37. The predicted octanol–water partition coefficient (Wildman–Crippen LogP) is 1.69. The molecule has 2 aliphatic rings. The summed E-state index contributed by atoms with van der Waals surface area (Å²) in [5.41, 5.74) is 1.13. The van der Waals surface area contributed by atoms with Crippen molar-refractivity contribution in [3.05, 3.63) is 11.1 Å². The number of esters is 1. The molecule has 2 unspecified atom stereocenters. The first-order chi connectivity index (χ1) is 7.72. The van der Waals surface area contributed by atoms with Crippen LogP contribution in [0.3, 0.4) is 0 Å². The van der Waals surface area contributed by atoms with E-state index in [9.17, 15) is 4.79 Å². The first-order valence-corrected chi connectivity index (χ1v) is 5.40. The Morgan fingerprint density at radius 2 is 1.88 bits per heavy atom. The van der Waals surface area contributed by atoms with E-state index in [0.717, 1.165) is 18.4 Å². The predicted molar refractivity (Wildman–Crippen MR) is 54.7 cm³/mol. The van der Waals surface area contributed by atoms with Crippen molar-refractivity contribution in [2.75, 3.05) is 6.61 Å². The van der Waals surface area contributed by atoms with Crippen LogP contribution in [0.25, 0.3) is 0 Å². The van der Waals surface area contributed by atoms with E-state index < -0.39 is 0 Å². The molecule has 4 nitrogen and oxygen atoms in total. The van der Waals surface area contributed by atoms with Gasteiger partial charge in [0.2, 0.25) is 0 Å². The van der Waals surface area contributed by atoms with Crippen LogP contribution >= 0.6 is 0 Å². The molecule has 2 bridgehead atoms. The van der Waals surface area contributed by atoms with Gasteiger partial charge in [-0.3, -0.25) is 4.79 Å². The average molecular weight is 216 g/mol. The second-order valence-corrected chi connectivity index (χ2v) is 4.47. The molecule has 0 amide bonds. The number of allylic oxidation sites excluding steroid dienone is 2. The Hall–Kier alpha value is -1.81. The maximum atomic E-state index is 11.3. The van der Waals surface area contributed by atoms with E-state index in [4.69, 9.17) is 15.3 Å². The Morgan fingerprint density at radius 3 is 2.56 bits per heavy atom. The highest BCUT2D eigenvalue weighted by molar-refractivity contribution is 5.70. The van der Waals surface area contributed by atoms with Crippen molar-refractivity contribution in [3.8, 4) is 12.1 Å². The van der Waals surface area contributed by atoms with Crippen LogP contribution in [0.5, 0.6) is 0 Å². The van der Waals surface area contributed by atoms with Crippen LogP contribution in [0.1, 0.15) is 25.7 Å². The largest absolute Gasteiger partial charge is 0.465 e. The number of carbonyl (C=O) groups excluding carboxylic acids is 1. The maximum Gasteiger partial charge on any atom is 0.306 e. The van der Waals surface area contributed by atoms with Gasteiger partial charge >= 0.3 is 5.97 Å². The molecule has 0 aromatic heterocycles. The zero-order valence-electron chi connectivity index (χ0n) is 8.90. The van der Waals surface area contributed by atoms with Crippen LogP contribution in [-0.2, 0) is 9.53 Å². The molecule has 2 fully saturated rings. The van der Waals surface area contributed by atoms with E-state index in [1.807, 2.05) is 12.1 Å². The quantitative estimate of drug-likeness (QED) is 0.456. The average Bonchev–Trinajstić information content (AvgIpc) is 2.39. The molecule has 1 aliphatic carbocycles. The Kier molecular flexibility index (Phi) is 2.92. The van der Waals surface area contributed by atoms with Crippen LogP contribution in [0.15, 0.2) is 11.1 Å². The Bertz CT molecular complexity index is 409. The molecule has 16 heavy (non-hydrogen) atoms. The molecular formula is C12H12N2O2. The lowest BCUT2D eigenvalue weighted by Crippen LogP contribution is -2.18. The minimum Gasteiger partial charge on any atom is -0.465 e. The van der Waals surface area contributed by atoms with E-state index in [1.54, 1.807) is 0 Å². The van der Waals surface area contributed by atoms with Crippen LogP contribution in [0.2, 0.25) is 0 Å². The fourth-order valence-electron chi connectivity index (χ4n) is 2.59. The summed E-state index contributed by atoms with van der Waals surface area (Å²) >= 11 is 0. The summed E-state index contributed by atoms with van der Waals surface area (Å²) in [6, 6.07) is 3.87. The molecular weight excluding hydrogens is 204 g/mol. The van der Waals surface area contributed by atoms with Gasteiger partial charge in [-0.1, -0.05) is 0 Å². The Labute approximate surface area is 94.1 Å². The van der Waals surface area contributed by atoms with Crippen LogP contribution in [0, 0.1) is 34.5 Å². The summed E-state index contributed by atoms with van der Waals surface area (Å²) in [6.07, 6.45) is 2.81. The zero-order valence-corrected chi connectivity index (χ0v) is 8.90. The minimum atomic E-state index is -0.149. The lowest BCUT2D eigenvalue weighted by molar-refractivity contribution is -0.143. The topological polar surface area (TPSA) is 73.9 Å². The van der Waals surface area contributed by atoms with Gasteiger partial charge in [0, 0.05) is 6.42 Å². The number of carbonyl (C=O) groups is 1. The maximum absolute atomic E-state index is 11.3. The molecule has 0 N–H and O–H groups in total. The summed E-state index contributed by atoms with van der Waals surface area (Å²) in [5.74, 6) is 0.390. The number of fused-ring (bicyclic) bond motifs is 2. The molecule has 0 radical (unpaired) electrons. The van der Waals surface area contributed by atoms with Gasteiger partial charge in [0.1, 0.15) is 17.7 Å². The zero-order chi connectivity index (χ0) is 11.5. The van der Waals surface area contributed by atoms with Crippen molar-refractivity contribution in [3.63, 3.8) is 0 Å². The van der Waals surface area contributed by atoms with Gasteiger partial charge in [0.15, 0.2) is 0 Å². The summed E-state index contributed by atoms with van der Waals surface area (Å²) in [5, 5.41) is 17.7. The highest BCUT2D eigenvalue weighted by Crippen LogP contribution is 2.38. The number of cyclic esters (lactones) is 1. The number of rotatable bonds is 0. The standard InChI is InChI=1S/C12H12N2O2/c13-5-11(6-14)10-2-8-1-9(3-10)7-16-12(15)4-8/h8-9H,1-4,7H2. The molecule has 1 heterocycles. The van der Waals surface area contributed by atoms with Crippen molar-refractivity contribution in [2.45, 2.75) is 25.7 Å². The van der Waals surface area contributed by atoms with Gasteiger partial charge in [-0.25, -0.2) is 0 Å². The van der Waals surface area contributed by atoms with Crippen molar-refractivity contribution < 1.29 is 9.53 Å². The van der Waals surface area contributed by atoms with E-state index >= 15 is 0 Å². The third-order valence-electron chi connectivity index (χ3n) is 3.25. The minimum absolute atomic E-state index is 0.149. The van der Waals surface area contributed by atoms with Crippen LogP contribution in [-0.4, -0.2) is 12.6 Å². The number of ether oxygens (including phenoxy) is 1. The van der Waals surface area contributed by atoms with E-state index in [-0.39, 0.29) is 23.4 Å². The third kappa shape index (κ3) is 2.06. The summed E-state index contributed by atoms with van der Waals surface area (Å²) in [7, 11) is 0. The number of hydrogen-bond donors (Lipinski definition) is 0. The number of hydrogen-bond acceptors (Lipinski definition) is 4. The highest BCUT2D eigenvalue weighted by atomic mass is 16.5. The van der Waals surface area contributed by atoms with E-state index in [1.165, 1.54) is 0 Å². The summed E-state index contributed by atoms with van der Waals surface area (Å²) < 4.78 is 5.08. The van der Waals surface area contributed by atoms with Gasteiger partial charge < -0.3 is 4.74 Å². The van der Waals surface area contributed by atoms with Crippen LogP contribution in [0.4, 0.5) is 0 Å². The fourth-order valence-corrected chi connectivity index (χ4v) is 2.59. The van der Waals surface area contributed by atoms with Crippen molar-refractivity contribution in [2.24, 2.45) is 11.8 Å². The SMILES string of the molecule is N#CC(C#N)=C1CC2COC(=O)CC(C1)C2. The normalized spacial score (nSPS) is 28.4. The van der Waals surface area contributed by atoms with Crippen molar-refractivity contribution >= 4 is 5.97 Å². The molecule has 1 saturated heterocycles. The fraction of sp³-hybridized carbons (Fsp3) is 0.583. The van der Waals surface area contributed by atoms with Crippen molar-refractivity contribution in [1.29, 1.82) is 10.5 Å². The first-order valence-electron chi connectivity index (χ1n) is 5.40. The molecule has 0 aromatic rings. The van der Waals surface area contributed by atoms with Gasteiger partial charge in [-0.05, 0) is 36.7 Å². The smallest absolute Gasteiger partial charge is 0.306 e. The highest BCUT2D eigenvalue weighted by Gasteiger charge is 2.32. The Balaban J connectivity index is 2.24. The summed E-state index contributed by atoms with van der Waals surface area (Å²) in [4.78, 5) is 11.3. The number of nitrogens with zero attached hydrogens (tertiary/aromatic N) is 2.